The zero-order valence-electron chi connectivity index (χ0n) is 17.6. The Morgan fingerprint density at radius 1 is 1.10 bits per heavy atom. The van der Waals surface area contributed by atoms with E-state index in [0.29, 0.717) is 37.1 Å². The summed E-state index contributed by atoms with van der Waals surface area (Å²) in [7, 11) is 0. The number of ether oxygens (including phenoxy) is 3. The van der Waals surface area contributed by atoms with Gasteiger partial charge >= 0.3 is 5.97 Å². The zero-order valence-corrected chi connectivity index (χ0v) is 17.6. The molecule has 1 N–H and O–H groups in total. The van der Waals surface area contributed by atoms with E-state index in [2.05, 4.69) is 30.9 Å². The van der Waals surface area contributed by atoms with Crippen LogP contribution >= 0.6 is 0 Å². The molecule has 0 amide bonds. The van der Waals surface area contributed by atoms with Crippen LogP contribution in [0.1, 0.15) is 36.7 Å². The van der Waals surface area contributed by atoms with Crippen LogP contribution in [0.2, 0.25) is 0 Å². The number of carboxylic acids is 1. The molecule has 0 radical (unpaired) electrons. The Bertz CT molecular complexity index is 1060. The molecule has 0 unspecified atom stereocenters. The molecule has 8 nitrogen and oxygen atoms in total. The maximum atomic E-state index is 11.0. The Morgan fingerprint density at radius 3 is 2.42 bits per heavy atom. The van der Waals surface area contributed by atoms with Crippen molar-refractivity contribution in [2.75, 3.05) is 19.8 Å². The van der Waals surface area contributed by atoms with Gasteiger partial charge in [-0.3, -0.25) is 0 Å². The lowest BCUT2D eigenvalue weighted by atomic mass is 9.85. The van der Waals surface area contributed by atoms with Crippen molar-refractivity contribution in [3.05, 3.63) is 53.6 Å². The number of rotatable bonds is 6. The van der Waals surface area contributed by atoms with Crippen molar-refractivity contribution in [3.8, 4) is 28.6 Å². The maximum Gasteiger partial charge on any atom is 0.335 e. The monoisotopic (exact) mass is 424 g/mol. The Labute approximate surface area is 179 Å². The largest absolute Gasteiger partial charge is 0.488 e. The van der Waals surface area contributed by atoms with Gasteiger partial charge in [-0.2, -0.15) is 4.98 Å². The summed E-state index contributed by atoms with van der Waals surface area (Å²) in [6.07, 6.45) is -0.347. The SMILES string of the molecule is CC(C)(C)c1cc(-c2noc(-c3ccc(C(=O)O)cc3)n2)ccc1OCC1OCCO1. The third kappa shape index (κ3) is 4.76. The first-order valence-electron chi connectivity index (χ1n) is 9.99. The molecular formula is C23H24N2O6. The minimum absolute atomic E-state index is 0.179. The molecule has 1 fully saturated rings. The minimum Gasteiger partial charge on any atom is -0.488 e. The van der Waals surface area contributed by atoms with Crippen LogP contribution in [-0.4, -0.2) is 47.3 Å². The van der Waals surface area contributed by atoms with Gasteiger partial charge in [-0.15, -0.1) is 0 Å². The molecule has 1 saturated heterocycles. The van der Waals surface area contributed by atoms with Crippen molar-refractivity contribution in [1.82, 2.24) is 10.1 Å². The Morgan fingerprint density at radius 2 is 1.77 bits per heavy atom. The number of nitrogens with zero attached hydrogens (tertiary/aromatic N) is 2. The first-order chi connectivity index (χ1) is 14.8. The number of aromatic carboxylic acids is 1. The van der Waals surface area contributed by atoms with Crippen molar-refractivity contribution in [2.24, 2.45) is 0 Å². The molecule has 1 aliphatic rings. The molecule has 3 aromatic rings. The highest BCUT2D eigenvalue weighted by atomic mass is 16.7. The van der Waals surface area contributed by atoms with Gasteiger partial charge in [-0.1, -0.05) is 25.9 Å². The number of aromatic nitrogens is 2. The van der Waals surface area contributed by atoms with E-state index < -0.39 is 5.97 Å². The van der Waals surface area contributed by atoms with Crippen molar-refractivity contribution in [3.63, 3.8) is 0 Å². The van der Waals surface area contributed by atoms with Crippen LogP contribution in [0.5, 0.6) is 5.75 Å². The van der Waals surface area contributed by atoms with Gasteiger partial charge < -0.3 is 23.8 Å². The lowest BCUT2D eigenvalue weighted by molar-refractivity contribution is -0.0686. The highest BCUT2D eigenvalue weighted by Gasteiger charge is 2.23. The molecule has 0 bridgehead atoms. The molecule has 0 aliphatic carbocycles. The fourth-order valence-electron chi connectivity index (χ4n) is 3.26. The van der Waals surface area contributed by atoms with E-state index in [4.69, 9.17) is 23.8 Å². The second kappa shape index (κ2) is 8.49. The predicted molar refractivity (Wildman–Crippen MR) is 112 cm³/mol. The molecule has 1 aliphatic heterocycles. The second-order valence-corrected chi connectivity index (χ2v) is 8.25. The van der Waals surface area contributed by atoms with Crippen LogP contribution in [0.25, 0.3) is 22.8 Å². The fraction of sp³-hybridized carbons (Fsp3) is 0.348. The van der Waals surface area contributed by atoms with E-state index in [9.17, 15) is 4.79 Å². The second-order valence-electron chi connectivity index (χ2n) is 8.25. The van der Waals surface area contributed by atoms with Gasteiger partial charge in [0.05, 0.1) is 18.8 Å². The van der Waals surface area contributed by atoms with Gasteiger partial charge in [0, 0.05) is 16.7 Å². The average Bonchev–Trinajstić information content (AvgIpc) is 3.44. The van der Waals surface area contributed by atoms with Crippen LogP contribution in [0, 0.1) is 0 Å². The van der Waals surface area contributed by atoms with Gasteiger partial charge in [-0.05, 0) is 47.9 Å². The molecule has 8 heteroatoms. The summed E-state index contributed by atoms with van der Waals surface area (Å²) in [6, 6.07) is 12.1. The first-order valence-corrected chi connectivity index (χ1v) is 9.99. The van der Waals surface area contributed by atoms with Crippen molar-refractivity contribution in [1.29, 1.82) is 0 Å². The van der Waals surface area contributed by atoms with E-state index >= 15 is 0 Å². The fourth-order valence-corrected chi connectivity index (χ4v) is 3.26. The van der Waals surface area contributed by atoms with Crippen LogP contribution in [0.3, 0.4) is 0 Å². The molecule has 0 saturated carbocycles. The first kappa shape index (κ1) is 21.0. The van der Waals surface area contributed by atoms with Crippen molar-refractivity contribution < 1.29 is 28.6 Å². The number of carboxylic acid groups (broad SMARTS) is 1. The lowest BCUT2D eigenvalue weighted by Crippen LogP contribution is -2.20. The summed E-state index contributed by atoms with van der Waals surface area (Å²) in [4.78, 5) is 15.5. The molecule has 0 atom stereocenters. The van der Waals surface area contributed by atoms with Crippen molar-refractivity contribution >= 4 is 5.97 Å². The van der Waals surface area contributed by atoms with E-state index in [1.165, 1.54) is 12.1 Å². The Balaban J connectivity index is 1.58. The van der Waals surface area contributed by atoms with Gasteiger partial charge in [-0.25, -0.2) is 4.79 Å². The van der Waals surface area contributed by atoms with Crippen LogP contribution in [0.4, 0.5) is 0 Å². The molecular weight excluding hydrogens is 400 g/mol. The lowest BCUT2D eigenvalue weighted by Gasteiger charge is -2.24. The summed E-state index contributed by atoms with van der Waals surface area (Å²) < 4.78 is 22.3. The minimum atomic E-state index is -0.985. The van der Waals surface area contributed by atoms with E-state index in [-0.39, 0.29) is 17.3 Å². The summed E-state index contributed by atoms with van der Waals surface area (Å²) in [5.41, 5.74) is 2.46. The molecule has 31 heavy (non-hydrogen) atoms. The normalized spacial score (nSPS) is 14.7. The molecule has 162 valence electrons. The molecule has 1 aromatic heterocycles. The molecule has 2 aromatic carbocycles. The summed E-state index contributed by atoms with van der Waals surface area (Å²) in [6.45, 7) is 7.80. The van der Waals surface area contributed by atoms with Crippen LogP contribution in [-0.2, 0) is 14.9 Å². The van der Waals surface area contributed by atoms with E-state index in [1.807, 2.05) is 18.2 Å². The third-order valence-corrected chi connectivity index (χ3v) is 4.92. The van der Waals surface area contributed by atoms with Gasteiger partial charge in [0.2, 0.25) is 5.82 Å². The van der Waals surface area contributed by atoms with E-state index in [0.717, 1.165) is 16.9 Å². The zero-order chi connectivity index (χ0) is 22.0. The number of carbonyl (C=O) groups is 1. The molecule has 4 rings (SSSR count). The smallest absolute Gasteiger partial charge is 0.335 e. The topological polar surface area (TPSA) is 104 Å². The predicted octanol–water partition coefficient (Wildman–Crippen LogP) is 4.15. The molecule has 0 spiro atoms. The standard InChI is InChI=1S/C23H24N2O6/c1-23(2,3)17-12-16(8-9-18(17)30-13-19-28-10-11-29-19)20-24-21(31-25-20)14-4-6-15(7-5-14)22(26)27/h4-9,12,19H,10-11,13H2,1-3H3,(H,26,27). The van der Waals surface area contributed by atoms with Gasteiger partial charge in [0.25, 0.3) is 5.89 Å². The summed E-state index contributed by atoms with van der Waals surface area (Å²) in [5.74, 6) is 0.529. The quantitative estimate of drug-likeness (QED) is 0.629. The molecule has 2 heterocycles. The highest BCUT2D eigenvalue weighted by molar-refractivity contribution is 5.88. The third-order valence-electron chi connectivity index (χ3n) is 4.92. The van der Waals surface area contributed by atoms with Gasteiger partial charge in [0.15, 0.2) is 6.29 Å². The maximum absolute atomic E-state index is 11.0. The van der Waals surface area contributed by atoms with Crippen molar-refractivity contribution in [2.45, 2.75) is 32.5 Å². The average molecular weight is 424 g/mol. The Hall–Kier alpha value is -3.23. The summed E-state index contributed by atoms with van der Waals surface area (Å²) >= 11 is 0. The Kier molecular flexibility index (Phi) is 5.75. The highest BCUT2D eigenvalue weighted by Crippen LogP contribution is 2.35. The van der Waals surface area contributed by atoms with Gasteiger partial charge in [0.1, 0.15) is 12.4 Å². The number of benzene rings is 2. The number of hydrogen-bond acceptors (Lipinski definition) is 7. The van der Waals surface area contributed by atoms with Crippen LogP contribution < -0.4 is 4.74 Å². The van der Waals surface area contributed by atoms with E-state index in [1.54, 1.807) is 12.1 Å². The summed E-state index contributed by atoms with van der Waals surface area (Å²) in [5, 5.41) is 13.1. The van der Waals surface area contributed by atoms with Crippen LogP contribution in [0.15, 0.2) is 47.0 Å². The number of hydrogen-bond donors (Lipinski definition) is 1.